The van der Waals surface area contributed by atoms with Crippen molar-refractivity contribution in [2.75, 3.05) is 7.11 Å². The molecule has 170 valence electrons. The summed E-state index contributed by atoms with van der Waals surface area (Å²) in [7, 11) is 5.39. The van der Waals surface area contributed by atoms with Gasteiger partial charge in [0.25, 0.3) is 5.56 Å². The van der Waals surface area contributed by atoms with Gasteiger partial charge in [-0.1, -0.05) is 30.0 Å². The van der Waals surface area contributed by atoms with Gasteiger partial charge < -0.3 is 14.0 Å². The highest BCUT2D eigenvalue weighted by atomic mass is 32.2. The number of aromatic nitrogens is 4. The molecule has 0 saturated carbocycles. The smallest absolute Gasteiger partial charge is 0.277 e. The summed E-state index contributed by atoms with van der Waals surface area (Å²) in [6.45, 7) is 2.02. The second-order valence-electron chi connectivity index (χ2n) is 7.86. The van der Waals surface area contributed by atoms with Gasteiger partial charge in [-0.3, -0.25) is 9.48 Å². The minimum atomic E-state index is -0.209. The monoisotopic (exact) mass is 462 g/mol. The van der Waals surface area contributed by atoms with Crippen molar-refractivity contribution < 1.29 is 9.47 Å². The Morgan fingerprint density at radius 3 is 2.61 bits per heavy atom. The molecule has 4 aromatic rings. The van der Waals surface area contributed by atoms with Gasteiger partial charge in [0, 0.05) is 44.2 Å². The van der Waals surface area contributed by atoms with Crippen LogP contribution in [-0.4, -0.2) is 26.4 Å². The summed E-state index contributed by atoms with van der Waals surface area (Å²) in [6.07, 6.45) is 6.03. The van der Waals surface area contributed by atoms with Gasteiger partial charge >= 0.3 is 0 Å². The molecule has 0 fully saturated rings. The van der Waals surface area contributed by atoms with E-state index in [9.17, 15) is 4.79 Å². The van der Waals surface area contributed by atoms with E-state index in [2.05, 4.69) is 10.1 Å². The SMILES string of the molecule is COc1cc(CSc2nc(=O)c(Cc3cnn(C)c3)cn2C)ccc1Oc1cccc(C)c1. The van der Waals surface area contributed by atoms with Crippen molar-refractivity contribution in [3.05, 3.63) is 93.7 Å². The van der Waals surface area contributed by atoms with E-state index in [1.807, 2.05) is 80.4 Å². The molecular weight excluding hydrogens is 436 g/mol. The van der Waals surface area contributed by atoms with Crippen molar-refractivity contribution in [1.82, 2.24) is 19.3 Å². The third-order valence-corrected chi connectivity index (χ3v) is 6.20. The van der Waals surface area contributed by atoms with Gasteiger partial charge in [0.15, 0.2) is 16.7 Å². The number of ether oxygens (including phenoxy) is 2. The molecule has 0 aliphatic carbocycles. The zero-order valence-corrected chi connectivity index (χ0v) is 19.9. The third-order valence-electron chi connectivity index (χ3n) is 5.09. The molecule has 0 atom stereocenters. The van der Waals surface area contributed by atoms with Crippen molar-refractivity contribution in [2.24, 2.45) is 14.1 Å². The zero-order chi connectivity index (χ0) is 23.4. The first kappa shape index (κ1) is 22.7. The summed E-state index contributed by atoms with van der Waals surface area (Å²) in [4.78, 5) is 16.9. The molecule has 2 aromatic carbocycles. The first-order valence-electron chi connectivity index (χ1n) is 10.5. The maximum atomic E-state index is 12.6. The van der Waals surface area contributed by atoms with Crippen molar-refractivity contribution in [2.45, 2.75) is 24.3 Å². The largest absolute Gasteiger partial charge is 0.493 e. The van der Waals surface area contributed by atoms with Gasteiger partial charge in [-0.2, -0.15) is 10.1 Å². The second-order valence-corrected chi connectivity index (χ2v) is 8.80. The molecule has 4 rings (SSSR count). The highest BCUT2D eigenvalue weighted by Crippen LogP contribution is 2.34. The van der Waals surface area contributed by atoms with Gasteiger partial charge in [0.2, 0.25) is 0 Å². The van der Waals surface area contributed by atoms with Crippen LogP contribution in [0.5, 0.6) is 17.2 Å². The predicted molar refractivity (Wildman–Crippen MR) is 129 cm³/mol. The van der Waals surface area contributed by atoms with E-state index in [0.29, 0.717) is 34.4 Å². The number of rotatable bonds is 8. The van der Waals surface area contributed by atoms with Crippen molar-refractivity contribution in [1.29, 1.82) is 0 Å². The number of nitrogens with zero attached hydrogens (tertiary/aromatic N) is 4. The maximum absolute atomic E-state index is 12.6. The molecule has 0 amide bonds. The summed E-state index contributed by atoms with van der Waals surface area (Å²) >= 11 is 1.50. The lowest BCUT2D eigenvalue weighted by Gasteiger charge is -2.13. The molecule has 7 nitrogen and oxygen atoms in total. The van der Waals surface area contributed by atoms with Crippen LogP contribution >= 0.6 is 11.8 Å². The van der Waals surface area contributed by atoms with Crippen molar-refractivity contribution in [3.63, 3.8) is 0 Å². The topological polar surface area (TPSA) is 71.2 Å². The summed E-state index contributed by atoms with van der Waals surface area (Å²) in [5.41, 5.74) is 3.59. The Labute approximate surface area is 197 Å². The van der Waals surface area contributed by atoms with Crippen LogP contribution in [0.1, 0.15) is 22.3 Å². The lowest BCUT2D eigenvalue weighted by Crippen LogP contribution is -2.18. The third kappa shape index (κ3) is 5.64. The van der Waals surface area contributed by atoms with Crippen molar-refractivity contribution >= 4 is 11.8 Å². The zero-order valence-electron chi connectivity index (χ0n) is 19.1. The molecule has 0 saturated heterocycles. The average molecular weight is 463 g/mol. The van der Waals surface area contributed by atoms with Crippen LogP contribution in [0.15, 0.2) is 71.0 Å². The second kappa shape index (κ2) is 9.95. The molecule has 2 aromatic heterocycles. The number of hydrogen-bond donors (Lipinski definition) is 0. The Morgan fingerprint density at radius 2 is 1.88 bits per heavy atom. The summed E-state index contributed by atoms with van der Waals surface area (Å²) < 4.78 is 15.2. The normalized spacial score (nSPS) is 10.9. The van der Waals surface area contributed by atoms with Crippen LogP contribution in [0.3, 0.4) is 0 Å². The molecule has 0 unspecified atom stereocenters. The van der Waals surface area contributed by atoms with E-state index in [0.717, 1.165) is 22.4 Å². The summed E-state index contributed by atoms with van der Waals surface area (Å²) in [5, 5.41) is 4.82. The van der Waals surface area contributed by atoms with E-state index < -0.39 is 0 Å². The van der Waals surface area contributed by atoms with Gasteiger partial charge in [-0.05, 0) is 47.9 Å². The van der Waals surface area contributed by atoms with Gasteiger partial charge in [-0.25, -0.2) is 0 Å². The average Bonchev–Trinajstić information content (AvgIpc) is 3.20. The number of hydrogen-bond acceptors (Lipinski definition) is 6. The maximum Gasteiger partial charge on any atom is 0.277 e. The number of methoxy groups -OCH3 is 1. The fourth-order valence-electron chi connectivity index (χ4n) is 3.46. The molecular formula is C25H26N4O3S. The van der Waals surface area contributed by atoms with E-state index in [-0.39, 0.29) is 5.56 Å². The molecule has 0 aliphatic heterocycles. The van der Waals surface area contributed by atoms with E-state index in [4.69, 9.17) is 9.47 Å². The highest BCUT2D eigenvalue weighted by Gasteiger charge is 2.11. The Morgan fingerprint density at radius 1 is 1.03 bits per heavy atom. The fraction of sp³-hybridized carbons (Fsp3) is 0.240. The fourth-order valence-corrected chi connectivity index (χ4v) is 4.34. The van der Waals surface area contributed by atoms with Gasteiger partial charge in [-0.15, -0.1) is 0 Å². The van der Waals surface area contributed by atoms with Crippen LogP contribution in [-0.2, 0) is 26.3 Å². The number of benzene rings is 2. The first-order chi connectivity index (χ1) is 15.9. The number of thioether (sulfide) groups is 1. The lowest BCUT2D eigenvalue weighted by molar-refractivity contribution is 0.378. The highest BCUT2D eigenvalue weighted by molar-refractivity contribution is 7.98. The van der Waals surface area contributed by atoms with E-state index in [1.54, 1.807) is 18.0 Å². The van der Waals surface area contributed by atoms with Gasteiger partial charge in [0.05, 0.1) is 13.3 Å². The summed E-state index contributed by atoms with van der Waals surface area (Å²) in [5.74, 6) is 2.72. The number of aryl methyl sites for hydroxylation is 3. The predicted octanol–water partition coefficient (Wildman–Crippen LogP) is 4.51. The molecule has 0 bridgehead atoms. The van der Waals surface area contributed by atoms with E-state index in [1.165, 1.54) is 11.8 Å². The minimum absolute atomic E-state index is 0.209. The van der Waals surface area contributed by atoms with Crippen LogP contribution in [0, 0.1) is 6.92 Å². The summed E-state index contributed by atoms with van der Waals surface area (Å²) in [6, 6.07) is 13.7. The Kier molecular flexibility index (Phi) is 6.84. The standard InChI is InChI=1S/C25H26N4O3S/c1-17-6-5-7-21(10-17)32-22-9-8-18(12-23(22)31-4)16-33-25-27-24(30)20(15-28(25)2)11-19-13-26-29(3)14-19/h5-10,12-15H,11,16H2,1-4H3. The van der Waals surface area contributed by atoms with Crippen LogP contribution < -0.4 is 15.0 Å². The Hall–Kier alpha value is -3.52. The molecule has 0 spiro atoms. The van der Waals surface area contributed by atoms with Crippen LogP contribution in [0.25, 0.3) is 0 Å². The molecule has 33 heavy (non-hydrogen) atoms. The van der Waals surface area contributed by atoms with Gasteiger partial charge in [0.1, 0.15) is 5.75 Å². The van der Waals surface area contributed by atoms with E-state index >= 15 is 0 Å². The quantitative estimate of drug-likeness (QED) is 0.284. The lowest BCUT2D eigenvalue weighted by atomic mass is 10.1. The molecule has 0 radical (unpaired) electrons. The molecule has 8 heteroatoms. The van der Waals surface area contributed by atoms with Crippen molar-refractivity contribution in [3.8, 4) is 17.2 Å². The molecule has 0 aliphatic rings. The first-order valence-corrected chi connectivity index (χ1v) is 11.5. The molecule has 2 heterocycles. The molecule has 0 N–H and O–H groups in total. The Bertz CT molecular complexity index is 1330. The Balaban J connectivity index is 1.46. The van der Waals surface area contributed by atoms with Crippen LogP contribution in [0.4, 0.5) is 0 Å². The minimum Gasteiger partial charge on any atom is -0.493 e. The van der Waals surface area contributed by atoms with Crippen LogP contribution in [0.2, 0.25) is 0 Å².